The number of H-pyrrole nitrogens is 1. The third-order valence-corrected chi connectivity index (χ3v) is 5.74. The highest BCUT2D eigenvalue weighted by atomic mass is 32.2. The topological polar surface area (TPSA) is 96.3 Å². The molecule has 1 aromatic carbocycles. The van der Waals surface area contributed by atoms with Gasteiger partial charge in [-0.1, -0.05) is 6.07 Å². The van der Waals surface area contributed by atoms with Crippen molar-refractivity contribution < 1.29 is 13.2 Å². The number of nitrogens with zero attached hydrogens (tertiary/aromatic N) is 1. The van der Waals surface area contributed by atoms with Crippen molar-refractivity contribution in [3.63, 3.8) is 0 Å². The minimum atomic E-state index is -3.61. The number of piperidine rings is 1. The number of aryl methyl sites for hydroxylation is 2. The highest BCUT2D eigenvalue weighted by Gasteiger charge is 2.31. The van der Waals surface area contributed by atoms with Gasteiger partial charge in [-0.2, -0.15) is 0 Å². The van der Waals surface area contributed by atoms with Crippen LogP contribution in [0.3, 0.4) is 0 Å². The summed E-state index contributed by atoms with van der Waals surface area (Å²) in [5.74, 6) is -0.339. The van der Waals surface area contributed by atoms with E-state index in [1.165, 1.54) is 5.56 Å². The van der Waals surface area contributed by atoms with Gasteiger partial charge in [-0.15, -0.1) is 0 Å². The largest absolute Gasteiger partial charge is 0.351 e. The molecule has 0 spiro atoms. The van der Waals surface area contributed by atoms with Crippen LogP contribution in [0.4, 0.5) is 0 Å². The molecule has 7 heteroatoms. The predicted octanol–water partition coefficient (Wildman–Crippen LogP) is 2.07. The van der Waals surface area contributed by atoms with Crippen molar-refractivity contribution >= 4 is 26.8 Å². The van der Waals surface area contributed by atoms with Gasteiger partial charge in [-0.3, -0.25) is 4.79 Å². The summed E-state index contributed by atoms with van der Waals surface area (Å²) in [5.41, 5.74) is 3.73. The van der Waals surface area contributed by atoms with E-state index < -0.39 is 10.0 Å². The molecule has 2 heterocycles. The zero-order chi connectivity index (χ0) is 17.5. The first-order valence-electron chi connectivity index (χ1n) is 8.16. The lowest BCUT2D eigenvalue weighted by atomic mass is 10.0. The van der Waals surface area contributed by atoms with Gasteiger partial charge in [0.25, 0.3) is 5.91 Å². The van der Waals surface area contributed by atoms with Crippen LogP contribution in [-0.4, -0.2) is 42.5 Å². The first-order chi connectivity index (χ1) is 11.3. The zero-order valence-corrected chi connectivity index (χ0v) is 14.8. The summed E-state index contributed by atoms with van der Waals surface area (Å²) in [6.07, 6.45) is 2.46. The summed E-state index contributed by atoms with van der Waals surface area (Å²) in [7, 11) is -3.61. The molecule has 0 saturated carbocycles. The number of nitrogens with two attached hydrogens (primary N) is 1. The van der Waals surface area contributed by atoms with Crippen LogP contribution in [0.5, 0.6) is 0 Å². The first kappa shape index (κ1) is 17.0. The van der Waals surface area contributed by atoms with E-state index in [-0.39, 0.29) is 17.7 Å². The second-order valence-electron chi connectivity index (χ2n) is 6.63. The van der Waals surface area contributed by atoms with Gasteiger partial charge in [0.15, 0.2) is 0 Å². The lowest BCUT2D eigenvalue weighted by Gasteiger charge is -2.35. The van der Waals surface area contributed by atoms with Crippen LogP contribution in [-0.2, 0) is 10.0 Å². The Bertz CT molecular complexity index is 886. The number of carbonyl (C=O) groups excluding carboxylic acids is 1. The van der Waals surface area contributed by atoms with Crippen LogP contribution < -0.4 is 5.14 Å². The van der Waals surface area contributed by atoms with E-state index in [4.69, 9.17) is 5.14 Å². The minimum Gasteiger partial charge on any atom is -0.351 e. The Morgan fingerprint density at radius 2 is 2.08 bits per heavy atom. The Labute approximate surface area is 142 Å². The Kier molecular flexibility index (Phi) is 4.40. The van der Waals surface area contributed by atoms with E-state index in [0.29, 0.717) is 18.7 Å². The third kappa shape index (κ3) is 3.32. The van der Waals surface area contributed by atoms with Crippen LogP contribution in [0.25, 0.3) is 10.9 Å². The van der Waals surface area contributed by atoms with Crippen molar-refractivity contribution in [1.29, 1.82) is 0 Å². The summed E-state index contributed by atoms with van der Waals surface area (Å²) >= 11 is 0. The Hall–Kier alpha value is -1.86. The van der Waals surface area contributed by atoms with E-state index in [1.807, 2.05) is 32.0 Å². The van der Waals surface area contributed by atoms with Gasteiger partial charge in [-0.05, 0) is 56.4 Å². The van der Waals surface area contributed by atoms with Crippen molar-refractivity contribution in [2.45, 2.75) is 39.2 Å². The molecule has 0 bridgehead atoms. The average molecular weight is 349 g/mol. The molecular weight excluding hydrogens is 326 g/mol. The normalized spacial score (nSPS) is 19.0. The number of rotatable bonds is 3. The third-order valence-electron chi connectivity index (χ3n) is 4.89. The number of likely N-dealkylation sites (tertiary alicyclic amines) is 1. The number of benzene rings is 1. The van der Waals surface area contributed by atoms with Crippen LogP contribution in [0.2, 0.25) is 0 Å². The molecule has 1 fully saturated rings. The molecule has 130 valence electrons. The summed E-state index contributed by atoms with van der Waals surface area (Å²) in [6.45, 7) is 4.63. The van der Waals surface area contributed by atoms with E-state index in [1.54, 1.807) is 4.90 Å². The van der Waals surface area contributed by atoms with Crippen LogP contribution >= 0.6 is 0 Å². The molecule has 3 rings (SSSR count). The standard InChI is InChI=1S/C17H23N3O3S/c1-11-6-7-15-14(12(11)2)9-16(19-15)17(21)20-8-4-3-5-13(20)10-24(18,22)23/h6-7,9,13,19H,3-5,8,10H2,1-2H3,(H2,18,22,23). The highest BCUT2D eigenvalue weighted by molar-refractivity contribution is 7.89. The Morgan fingerprint density at radius 3 is 2.79 bits per heavy atom. The van der Waals surface area contributed by atoms with E-state index in [2.05, 4.69) is 4.98 Å². The highest BCUT2D eigenvalue weighted by Crippen LogP contribution is 2.25. The number of aromatic amines is 1. The van der Waals surface area contributed by atoms with Gasteiger partial charge >= 0.3 is 0 Å². The van der Waals surface area contributed by atoms with E-state index >= 15 is 0 Å². The molecule has 1 amide bonds. The van der Waals surface area contributed by atoms with Crippen molar-refractivity contribution in [3.05, 3.63) is 35.0 Å². The fourth-order valence-corrected chi connectivity index (χ4v) is 4.32. The van der Waals surface area contributed by atoms with Gasteiger partial charge < -0.3 is 9.88 Å². The van der Waals surface area contributed by atoms with Crippen LogP contribution in [0, 0.1) is 13.8 Å². The Morgan fingerprint density at radius 1 is 1.33 bits per heavy atom. The number of primary sulfonamides is 1. The number of nitrogens with one attached hydrogen (secondary N) is 1. The van der Waals surface area contributed by atoms with E-state index in [9.17, 15) is 13.2 Å². The minimum absolute atomic E-state index is 0.156. The van der Waals surface area contributed by atoms with Crippen molar-refractivity contribution in [2.75, 3.05) is 12.3 Å². The van der Waals surface area contributed by atoms with Gasteiger partial charge in [0.2, 0.25) is 10.0 Å². The average Bonchev–Trinajstić information content (AvgIpc) is 2.94. The number of hydrogen-bond donors (Lipinski definition) is 2. The summed E-state index contributed by atoms with van der Waals surface area (Å²) in [5, 5.41) is 6.22. The molecule has 0 radical (unpaired) electrons. The molecule has 1 aromatic heterocycles. The van der Waals surface area contributed by atoms with Crippen molar-refractivity contribution in [1.82, 2.24) is 9.88 Å². The summed E-state index contributed by atoms with van der Waals surface area (Å²) in [6, 6.07) is 5.50. The SMILES string of the molecule is Cc1ccc2[nH]c(C(=O)N3CCCCC3CS(N)(=O)=O)cc2c1C. The fraction of sp³-hybridized carbons (Fsp3) is 0.471. The smallest absolute Gasteiger partial charge is 0.270 e. The monoisotopic (exact) mass is 349 g/mol. The number of aromatic nitrogens is 1. The van der Waals surface area contributed by atoms with E-state index in [0.717, 1.165) is 29.3 Å². The molecule has 1 saturated heterocycles. The maximum absolute atomic E-state index is 12.9. The lowest BCUT2D eigenvalue weighted by molar-refractivity contribution is 0.0634. The summed E-state index contributed by atoms with van der Waals surface area (Å²) < 4.78 is 22.9. The second kappa shape index (κ2) is 6.22. The lowest BCUT2D eigenvalue weighted by Crippen LogP contribution is -2.48. The van der Waals surface area contributed by atoms with Crippen molar-refractivity contribution in [2.24, 2.45) is 5.14 Å². The molecule has 0 aliphatic carbocycles. The number of fused-ring (bicyclic) bond motifs is 1. The molecule has 1 aliphatic rings. The molecule has 6 nitrogen and oxygen atoms in total. The van der Waals surface area contributed by atoms with Gasteiger partial charge in [0.1, 0.15) is 5.69 Å². The molecule has 1 atom stereocenters. The Balaban J connectivity index is 1.93. The number of amides is 1. The maximum Gasteiger partial charge on any atom is 0.270 e. The molecule has 1 aliphatic heterocycles. The number of sulfonamides is 1. The summed E-state index contributed by atoms with van der Waals surface area (Å²) in [4.78, 5) is 17.7. The molecule has 1 unspecified atom stereocenters. The molecule has 2 aromatic rings. The van der Waals surface area contributed by atoms with Gasteiger partial charge in [0.05, 0.1) is 5.75 Å². The number of hydrogen-bond acceptors (Lipinski definition) is 3. The predicted molar refractivity (Wildman–Crippen MR) is 94.4 cm³/mol. The second-order valence-corrected chi connectivity index (χ2v) is 8.29. The zero-order valence-electron chi connectivity index (χ0n) is 14.0. The first-order valence-corrected chi connectivity index (χ1v) is 9.88. The molecular formula is C17H23N3O3S. The van der Waals surface area contributed by atoms with Crippen LogP contribution in [0.15, 0.2) is 18.2 Å². The molecule has 24 heavy (non-hydrogen) atoms. The van der Waals surface area contributed by atoms with Gasteiger partial charge in [0, 0.05) is 23.5 Å². The maximum atomic E-state index is 12.9. The van der Waals surface area contributed by atoms with Crippen molar-refractivity contribution in [3.8, 4) is 0 Å². The van der Waals surface area contributed by atoms with Gasteiger partial charge in [-0.25, -0.2) is 13.6 Å². The quantitative estimate of drug-likeness (QED) is 0.888. The fourth-order valence-electron chi connectivity index (χ4n) is 3.44. The van der Waals surface area contributed by atoms with Crippen LogP contribution in [0.1, 0.15) is 40.9 Å². The molecule has 3 N–H and O–H groups in total. The number of carbonyl (C=O) groups is 1.